The van der Waals surface area contributed by atoms with Gasteiger partial charge < -0.3 is 23.8 Å². The minimum atomic E-state index is -0.889. The Kier molecular flexibility index (Phi) is 8.39. The van der Waals surface area contributed by atoms with Crippen molar-refractivity contribution >= 4 is 29.7 Å². The highest BCUT2D eigenvalue weighted by molar-refractivity contribution is 6.31. The predicted molar refractivity (Wildman–Crippen MR) is 120 cm³/mol. The van der Waals surface area contributed by atoms with Crippen molar-refractivity contribution in [3.05, 3.63) is 46.3 Å². The van der Waals surface area contributed by atoms with E-state index in [1.165, 1.54) is 0 Å². The lowest BCUT2D eigenvalue weighted by Gasteiger charge is -2.39. The number of carbonyl (C=O) groups excluding carboxylic acids is 2. The van der Waals surface area contributed by atoms with E-state index in [0.29, 0.717) is 22.1 Å². The lowest BCUT2D eigenvalue weighted by molar-refractivity contribution is 0.0275. The van der Waals surface area contributed by atoms with Crippen LogP contribution in [-0.4, -0.2) is 55.5 Å². The van der Waals surface area contributed by atoms with E-state index in [1.54, 1.807) is 32.9 Å². The number of hydrogen-bond donors (Lipinski definition) is 0. The Morgan fingerprint density at radius 3 is 2.38 bits per heavy atom. The van der Waals surface area contributed by atoms with Crippen LogP contribution in [0.25, 0.3) is 0 Å². The SMILES string of the molecule is CCOC(=O)OC1=C(C)N=C(N2CCCCC2)C(OC(=O)OCC)C1c1ccccc1Cl. The second-order valence-electron chi connectivity index (χ2n) is 7.47. The van der Waals surface area contributed by atoms with E-state index in [2.05, 4.69) is 4.90 Å². The number of nitrogens with zero attached hydrogens (tertiary/aromatic N) is 2. The summed E-state index contributed by atoms with van der Waals surface area (Å²) in [5.41, 5.74) is 1.14. The summed E-state index contributed by atoms with van der Waals surface area (Å²) in [6, 6.07) is 7.18. The molecule has 8 nitrogen and oxygen atoms in total. The molecule has 0 N–H and O–H groups in total. The van der Waals surface area contributed by atoms with Crippen LogP contribution in [0.3, 0.4) is 0 Å². The highest BCUT2D eigenvalue weighted by atomic mass is 35.5. The largest absolute Gasteiger partial charge is 0.513 e. The lowest BCUT2D eigenvalue weighted by Crippen LogP contribution is -2.49. The summed E-state index contributed by atoms with van der Waals surface area (Å²) in [7, 11) is 0. The van der Waals surface area contributed by atoms with Gasteiger partial charge in [-0.05, 0) is 51.7 Å². The highest BCUT2D eigenvalue weighted by Gasteiger charge is 2.43. The normalized spacial score (nSPS) is 21.0. The van der Waals surface area contributed by atoms with Gasteiger partial charge in [0.2, 0.25) is 0 Å². The van der Waals surface area contributed by atoms with Crippen LogP contribution in [0.5, 0.6) is 0 Å². The van der Waals surface area contributed by atoms with Crippen molar-refractivity contribution < 1.29 is 28.5 Å². The van der Waals surface area contributed by atoms with Gasteiger partial charge in [0.25, 0.3) is 0 Å². The minimum Gasteiger partial charge on any atom is -0.435 e. The summed E-state index contributed by atoms with van der Waals surface area (Å²) < 4.78 is 21.4. The molecule has 2 heterocycles. The Balaban J connectivity index is 2.11. The van der Waals surface area contributed by atoms with Crippen molar-refractivity contribution in [3.63, 3.8) is 0 Å². The molecule has 0 spiro atoms. The van der Waals surface area contributed by atoms with Crippen LogP contribution < -0.4 is 0 Å². The summed E-state index contributed by atoms with van der Waals surface area (Å²) in [6.45, 7) is 7.05. The molecule has 1 aromatic carbocycles. The molecule has 2 unspecified atom stereocenters. The number of benzene rings is 1. The lowest BCUT2D eigenvalue weighted by atomic mass is 9.87. The van der Waals surface area contributed by atoms with Crippen LogP contribution in [0, 0.1) is 0 Å². The number of ether oxygens (including phenoxy) is 4. The minimum absolute atomic E-state index is 0.160. The van der Waals surface area contributed by atoms with E-state index < -0.39 is 24.3 Å². The fraction of sp³-hybridized carbons (Fsp3) is 0.522. The third-order valence-corrected chi connectivity index (χ3v) is 5.68. The molecular formula is C23H29ClN2O6. The number of amidine groups is 1. The average molecular weight is 465 g/mol. The highest BCUT2D eigenvalue weighted by Crippen LogP contribution is 2.41. The van der Waals surface area contributed by atoms with Crippen molar-refractivity contribution in [2.45, 2.75) is 52.1 Å². The second kappa shape index (κ2) is 11.2. The summed E-state index contributed by atoms with van der Waals surface area (Å²) >= 11 is 6.55. The fourth-order valence-electron chi connectivity index (χ4n) is 3.96. The van der Waals surface area contributed by atoms with Crippen LogP contribution in [0.15, 0.2) is 40.7 Å². The summed E-state index contributed by atoms with van der Waals surface area (Å²) in [5, 5.41) is 0.451. The first-order chi connectivity index (χ1) is 15.5. The third kappa shape index (κ3) is 5.54. The van der Waals surface area contributed by atoms with Crippen molar-refractivity contribution in [2.24, 2.45) is 4.99 Å². The average Bonchev–Trinajstić information content (AvgIpc) is 2.77. The van der Waals surface area contributed by atoms with E-state index in [4.69, 9.17) is 35.5 Å². The van der Waals surface area contributed by atoms with Crippen LogP contribution >= 0.6 is 11.6 Å². The van der Waals surface area contributed by atoms with E-state index in [-0.39, 0.29) is 19.0 Å². The molecule has 1 saturated heterocycles. The Labute approximate surface area is 193 Å². The van der Waals surface area contributed by atoms with Gasteiger partial charge >= 0.3 is 12.3 Å². The summed E-state index contributed by atoms with van der Waals surface area (Å²) in [4.78, 5) is 31.5. The molecule has 0 aromatic heterocycles. The van der Waals surface area contributed by atoms with Gasteiger partial charge in [-0.3, -0.25) is 0 Å². The van der Waals surface area contributed by atoms with Crippen LogP contribution in [-0.2, 0) is 18.9 Å². The first-order valence-electron chi connectivity index (χ1n) is 10.9. The fourth-order valence-corrected chi connectivity index (χ4v) is 4.21. The van der Waals surface area contributed by atoms with E-state index in [9.17, 15) is 9.59 Å². The number of rotatable bonds is 5. The molecule has 0 bridgehead atoms. The molecule has 1 fully saturated rings. The maximum atomic E-state index is 12.4. The van der Waals surface area contributed by atoms with Gasteiger partial charge in [0.05, 0.1) is 24.8 Å². The number of likely N-dealkylation sites (tertiary alicyclic amines) is 1. The maximum absolute atomic E-state index is 12.4. The molecule has 3 rings (SSSR count). The molecule has 0 aliphatic carbocycles. The molecule has 0 radical (unpaired) electrons. The molecule has 0 amide bonds. The van der Waals surface area contributed by atoms with Gasteiger partial charge in [-0.15, -0.1) is 0 Å². The molecule has 2 aliphatic heterocycles. The van der Waals surface area contributed by atoms with Gasteiger partial charge in [-0.25, -0.2) is 14.6 Å². The predicted octanol–water partition coefficient (Wildman–Crippen LogP) is 5.27. The second-order valence-corrected chi connectivity index (χ2v) is 7.88. The van der Waals surface area contributed by atoms with Crippen LogP contribution in [0.2, 0.25) is 5.02 Å². The molecule has 32 heavy (non-hydrogen) atoms. The Morgan fingerprint density at radius 2 is 1.72 bits per heavy atom. The van der Waals surface area contributed by atoms with Crippen molar-refractivity contribution in [1.82, 2.24) is 4.90 Å². The molecule has 0 saturated carbocycles. The Bertz CT molecular complexity index is 894. The zero-order valence-electron chi connectivity index (χ0n) is 18.6. The summed E-state index contributed by atoms with van der Waals surface area (Å²) in [6.07, 6.45) is 0.584. The number of aliphatic imine (C=N–C) groups is 1. The topological polar surface area (TPSA) is 86.7 Å². The van der Waals surface area contributed by atoms with Crippen LogP contribution in [0.1, 0.15) is 51.5 Å². The third-order valence-electron chi connectivity index (χ3n) is 5.34. The number of allylic oxidation sites excluding steroid dienone is 1. The number of carbonyl (C=O) groups is 2. The summed E-state index contributed by atoms with van der Waals surface area (Å²) in [5.74, 6) is 0.120. The molecule has 9 heteroatoms. The van der Waals surface area contributed by atoms with Crippen LogP contribution in [0.4, 0.5) is 9.59 Å². The zero-order valence-corrected chi connectivity index (χ0v) is 19.4. The molecule has 1 aromatic rings. The quantitative estimate of drug-likeness (QED) is 0.548. The van der Waals surface area contributed by atoms with Gasteiger partial charge in [-0.1, -0.05) is 29.8 Å². The van der Waals surface area contributed by atoms with Gasteiger partial charge in [0, 0.05) is 18.1 Å². The molecule has 2 aliphatic rings. The first kappa shape index (κ1) is 23.9. The van der Waals surface area contributed by atoms with E-state index >= 15 is 0 Å². The van der Waals surface area contributed by atoms with Gasteiger partial charge in [0.1, 0.15) is 11.6 Å². The maximum Gasteiger partial charge on any atom is 0.513 e. The van der Waals surface area contributed by atoms with Gasteiger partial charge in [0.15, 0.2) is 6.10 Å². The monoisotopic (exact) mass is 464 g/mol. The zero-order chi connectivity index (χ0) is 23.1. The van der Waals surface area contributed by atoms with Crippen molar-refractivity contribution in [1.29, 1.82) is 0 Å². The number of piperidine rings is 1. The number of hydrogen-bond acceptors (Lipinski definition) is 8. The van der Waals surface area contributed by atoms with Gasteiger partial charge in [-0.2, -0.15) is 0 Å². The molecule has 2 atom stereocenters. The number of halogens is 1. The smallest absolute Gasteiger partial charge is 0.435 e. The Morgan fingerprint density at radius 1 is 1.06 bits per heavy atom. The van der Waals surface area contributed by atoms with Crippen molar-refractivity contribution in [3.8, 4) is 0 Å². The molecular weight excluding hydrogens is 436 g/mol. The van der Waals surface area contributed by atoms with Crippen molar-refractivity contribution in [2.75, 3.05) is 26.3 Å². The van der Waals surface area contributed by atoms with E-state index in [0.717, 1.165) is 32.4 Å². The Hall–Kier alpha value is -2.74. The van der Waals surface area contributed by atoms with E-state index in [1.807, 2.05) is 12.1 Å². The standard InChI is InChI=1S/C23H29ClN2O6/c1-4-29-22(27)31-19-15(3)25-21(26-13-9-6-10-14-26)20(32-23(28)30-5-2)18(19)16-11-7-8-12-17(16)24/h7-8,11-12,18,20H,4-6,9-10,13-14H2,1-3H3. The molecule has 174 valence electrons. The first-order valence-corrected chi connectivity index (χ1v) is 11.3.